The van der Waals surface area contributed by atoms with E-state index in [2.05, 4.69) is 9.88 Å². The third kappa shape index (κ3) is 3.95. The summed E-state index contributed by atoms with van der Waals surface area (Å²) in [6.07, 6.45) is 1.34. The number of nitrogens with zero attached hydrogens (tertiary/aromatic N) is 2. The molecule has 27 heavy (non-hydrogen) atoms. The number of amides is 1. The Morgan fingerprint density at radius 1 is 1.26 bits per heavy atom. The SMILES string of the molecule is O=C(NCc1nc2ccccc2n1Cc1ccc(Cl)cc1Cl)C1CCCO1. The van der Waals surface area contributed by atoms with Gasteiger partial charge in [-0.15, -0.1) is 0 Å². The quantitative estimate of drug-likeness (QED) is 0.694. The summed E-state index contributed by atoms with van der Waals surface area (Å²) in [5.74, 6) is 0.684. The Hall–Kier alpha value is -2.08. The maximum absolute atomic E-state index is 12.3. The minimum atomic E-state index is -0.353. The summed E-state index contributed by atoms with van der Waals surface area (Å²) in [7, 11) is 0. The Kier molecular flexibility index (Phi) is 5.34. The molecule has 3 aromatic rings. The van der Waals surface area contributed by atoms with Crippen LogP contribution >= 0.6 is 23.2 Å². The van der Waals surface area contributed by atoms with Crippen LogP contribution in [0.15, 0.2) is 42.5 Å². The third-order valence-corrected chi connectivity index (χ3v) is 5.31. The van der Waals surface area contributed by atoms with Gasteiger partial charge < -0.3 is 14.6 Å². The Bertz CT molecular complexity index is 981. The van der Waals surface area contributed by atoms with E-state index in [0.29, 0.717) is 29.7 Å². The maximum atomic E-state index is 12.3. The molecule has 0 spiro atoms. The van der Waals surface area contributed by atoms with Crippen LogP contribution in [0.25, 0.3) is 11.0 Å². The van der Waals surface area contributed by atoms with Crippen molar-refractivity contribution in [3.63, 3.8) is 0 Å². The van der Waals surface area contributed by atoms with E-state index in [4.69, 9.17) is 32.9 Å². The molecule has 1 amide bonds. The Balaban J connectivity index is 1.61. The van der Waals surface area contributed by atoms with Gasteiger partial charge in [0.2, 0.25) is 5.91 Å². The highest BCUT2D eigenvalue weighted by Crippen LogP contribution is 2.24. The number of aromatic nitrogens is 2. The van der Waals surface area contributed by atoms with Gasteiger partial charge in [-0.1, -0.05) is 41.4 Å². The molecule has 1 aliphatic rings. The zero-order chi connectivity index (χ0) is 18.8. The van der Waals surface area contributed by atoms with Crippen molar-refractivity contribution in [2.75, 3.05) is 6.61 Å². The van der Waals surface area contributed by atoms with Crippen LogP contribution in [0.3, 0.4) is 0 Å². The number of halogens is 2. The summed E-state index contributed by atoms with van der Waals surface area (Å²) in [5, 5.41) is 4.16. The fraction of sp³-hybridized carbons (Fsp3) is 0.300. The van der Waals surface area contributed by atoms with E-state index >= 15 is 0 Å². The van der Waals surface area contributed by atoms with Crippen molar-refractivity contribution in [1.82, 2.24) is 14.9 Å². The lowest BCUT2D eigenvalue weighted by atomic mass is 10.2. The minimum Gasteiger partial charge on any atom is -0.368 e. The Labute approximate surface area is 167 Å². The lowest BCUT2D eigenvalue weighted by Gasteiger charge is -2.13. The average Bonchev–Trinajstić information content (AvgIpc) is 3.30. The molecule has 1 N–H and O–H groups in total. The van der Waals surface area contributed by atoms with Gasteiger partial charge in [-0.3, -0.25) is 4.79 Å². The third-order valence-electron chi connectivity index (χ3n) is 4.72. The van der Waals surface area contributed by atoms with Crippen LogP contribution in [0.1, 0.15) is 24.2 Å². The van der Waals surface area contributed by atoms with Crippen molar-refractivity contribution in [3.8, 4) is 0 Å². The first-order chi connectivity index (χ1) is 13.1. The van der Waals surface area contributed by atoms with Gasteiger partial charge >= 0.3 is 0 Å². The van der Waals surface area contributed by atoms with Gasteiger partial charge in [-0.2, -0.15) is 0 Å². The highest BCUT2D eigenvalue weighted by molar-refractivity contribution is 6.35. The summed E-state index contributed by atoms with van der Waals surface area (Å²) in [5.41, 5.74) is 2.81. The molecular formula is C20H19Cl2N3O2. The van der Waals surface area contributed by atoms with Crippen LogP contribution in [0, 0.1) is 0 Å². The molecule has 1 unspecified atom stereocenters. The molecule has 0 bridgehead atoms. The minimum absolute atomic E-state index is 0.0874. The zero-order valence-electron chi connectivity index (χ0n) is 14.6. The van der Waals surface area contributed by atoms with E-state index in [9.17, 15) is 4.79 Å². The first kappa shape index (κ1) is 18.3. The predicted octanol–water partition coefficient (Wildman–Crippen LogP) is 4.19. The summed E-state index contributed by atoms with van der Waals surface area (Å²) in [6, 6.07) is 13.4. The molecule has 2 heterocycles. The van der Waals surface area contributed by atoms with Crippen molar-refractivity contribution in [1.29, 1.82) is 0 Å². The summed E-state index contributed by atoms with van der Waals surface area (Å²) in [4.78, 5) is 17.0. The number of fused-ring (bicyclic) bond motifs is 1. The second kappa shape index (κ2) is 7.89. The second-order valence-corrected chi connectivity index (χ2v) is 7.40. The topological polar surface area (TPSA) is 56.2 Å². The Morgan fingerprint density at radius 2 is 2.11 bits per heavy atom. The molecule has 1 aliphatic heterocycles. The molecule has 4 rings (SSSR count). The number of ether oxygens (including phenoxy) is 1. The maximum Gasteiger partial charge on any atom is 0.249 e. The largest absolute Gasteiger partial charge is 0.368 e. The van der Waals surface area contributed by atoms with Crippen LogP contribution in [0.2, 0.25) is 10.0 Å². The predicted molar refractivity (Wildman–Crippen MR) is 106 cm³/mol. The molecular weight excluding hydrogens is 385 g/mol. The van der Waals surface area contributed by atoms with Crippen LogP contribution in [-0.2, 0) is 22.6 Å². The van der Waals surface area contributed by atoms with Crippen molar-refractivity contribution >= 4 is 40.1 Å². The number of imidazole rings is 1. The molecule has 0 saturated carbocycles. The average molecular weight is 404 g/mol. The summed E-state index contributed by atoms with van der Waals surface area (Å²) < 4.78 is 7.52. The number of hydrogen-bond donors (Lipinski definition) is 1. The van der Waals surface area contributed by atoms with Crippen LogP contribution < -0.4 is 5.32 Å². The summed E-state index contributed by atoms with van der Waals surface area (Å²) >= 11 is 12.4. The molecule has 2 aromatic carbocycles. The second-order valence-electron chi connectivity index (χ2n) is 6.56. The lowest BCUT2D eigenvalue weighted by molar-refractivity contribution is -0.130. The van der Waals surface area contributed by atoms with E-state index in [-0.39, 0.29) is 12.0 Å². The number of benzene rings is 2. The van der Waals surface area contributed by atoms with Gasteiger partial charge in [0.05, 0.1) is 24.1 Å². The van der Waals surface area contributed by atoms with E-state index in [1.807, 2.05) is 36.4 Å². The van der Waals surface area contributed by atoms with E-state index < -0.39 is 0 Å². The highest BCUT2D eigenvalue weighted by atomic mass is 35.5. The monoisotopic (exact) mass is 403 g/mol. The van der Waals surface area contributed by atoms with Gasteiger partial charge in [0.15, 0.2) is 0 Å². The van der Waals surface area contributed by atoms with Crippen LogP contribution in [-0.4, -0.2) is 28.2 Å². The normalized spacial score (nSPS) is 16.7. The van der Waals surface area contributed by atoms with Crippen molar-refractivity contribution in [2.45, 2.75) is 32.0 Å². The van der Waals surface area contributed by atoms with E-state index in [1.165, 1.54) is 0 Å². The van der Waals surface area contributed by atoms with E-state index in [0.717, 1.165) is 35.3 Å². The fourth-order valence-corrected chi connectivity index (χ4v) is 3.79. The van der Waals surface area contributed by atoms with Crippen LogP contribution in [0.5, 0.6) is 0 Å². The molecule has 0 aliphatic carbocycles. The first-order valence-electron chi connectivity index (χ1n) is 8.89. The van der Waals surface area contributed by atoms with Crippen molar-refractivity contribution in [2.24, 2.45) is 0 Å². The van der Waals surface area contributed by atoms with Gasteiger partial charge in [-0.25, -0.2) is 4.98 Å². The van der Waals surface area contributed by atoms with Gasteiger partial charge in [-0.05, 0) is 42.7 Å². The number of para-hydroxylation sites is 2. The molecule has 1 fully saturated rings. The lowest BCUT2D eigenvalue weighted by Crippen LogP contribution is -2.34. The fourth-order valence-electron chi connectivity index (χ4n) is 3.32. The molecule has 1 saturated heterocycles. The molecule has 7 heteroatoms. The standard InChI is InChI=1S/C20H19Cl2N3O2/c21-14-8-7-13(15(22)10-14)12-25-17-5-2-1-4-16(17)24-19(25)11-23-20(26)18-6-3-9-27-18/h1-2,4-5,7-8,10,18H,3,6,9,11-12H2,(H,23,26). The molecule has 1 atom stereocenters. The number of carbonyl (C=O) groups is 1. The van der Waals surface area contributed by atoms with Crippen molar-refractivity contribution < 1.29 is 9.53 Å². The number of carbonyl (C=O) groups excluding carboxylic acids is 1. The Morgan fingerprint density at radius 3 is 2.89 bits per heavy atom. The molecule has 140 valence electrons. The smallest absolute Gasteiger partial charge is 0.249 e. The highest BCUT2D eigenvalue weighted by Gasteiger charge is 2.23. The molecule has 5 nitrogen and oxygen atoms in total. The zero-order valence-corrected chi connectivity index (χ0v) is 16.1. The van der Waals surface area contributed by atoms with Gasteiger partial charge in [0.1, 0.15) is 11.9 Å². The first-order valence-corrected chi connectivity index (χ1v) is 9.65. The molecule has 0 radical (unpaired) electrons. The number of nitrogens with one attached hydrogen (secondary N) is 1. The molecule has 1 aromatic heterocycles. The van der Waals surface area contributed by atoms with Gasteiger partial charge in [0.25, 0.3) is 0 Å². The van der Waals surface area contributed by atoms with Crippen molar-refractivity contribution in [3.05, 3.63) is 63.9 Å². The van der Waals surface area contributed by atoms with Gasteiger partial charge in [0, 0.05) is 16.7 Å². The number of hydrogen-bond acceptors (Lipinski definition) is 3. The summed E-state index contributed by atoms with van der Waals surface area (Å²) in [6.45, 7) is 1.52. The van der Waals surface area contributed by atoms with E-state index in [1.54, 1.807) is 6.07 Å². The van der Waals surface area contributed by atoms with Crippen LogP contribution in [0.4, 0.5) is 0 Å². The number of rotatable bonds is 5.